The number of aromatic nitrogens is 4. The Morgan fingerprint density at radius 1 is 1.15 bits per heavy atom. The van der Waals surface area contributed by atoms with Crippen LogP contribution < -0.4 is 5.32 Å². The maximum atomic E-state index is 14.6. The minimum atomic E-state index is -0.534. The van der Waals surface area contributed by atoms with Crippen molar-refractivity contribution in [1.82, 2.24) is 29.3 Å². The van der Waals surface area contributed by atoms with Crippen LogP contribution in [0.2, 0.25) is 5.02 Å². The fraction of sp³-hybridized carbons (Fsp3) is 0.391. The number of nitrogens with one attached hydrogen (secondary N) is 1. The Balaban J connectivity index is 0.00000324. The third kappa shape index (κ3) is 5.32. The maximum absolute atomic E-state index is 14.6. The van der Waals surface area contributed by atoms with E-state index in [-0.39, 0.29) is 36.0 Å². The van der Waals surface area contributed by atoms with E-state index in [1.807, 2.05) is 37.3 Å². The van der Waals surface area contributed by atoms with Gasteiger partial charge in [0.25, 0.3) is 5.91 Å². The van der Waals surface area contributed by atoms with Gasteiger partial charge >= 0.3 is 0 Å². The van der Waals surface area contributed by atoms with E-state index in [4.69, 9.17) is 11.6 Å². The number of anilines is 2. The van der Waals surface area contributed by atoms with Crippen LogP contribution in [0.1, 0.15) is 36.1 Å². The van der Waals surface area contributed by atoms with E-state index in [2.05, 4.69) is 25.2 Å². The van der Waals surface area contributed by atoms with Gasteiger partial charge in [-0.3, -0.25) is 4.79 Å². The molecule has 3 heterocycles. The number of aryl methyl sites for hydroxylation is 1. The average Bonchev–Trinajstić information content (AvgIpc) is 3.17. The minimum Gasteiger partial charge on any atom is -0.336 e. The summed E-state index contributed by atoms with van der Waals surface area (Å²) in [7, 11) is 2.04. The number of imidazole rings is 1. The summed E-state index contributed by atoms with van der Waals surface area (Å²) in [6.45, 7) is 8.89. The van der Waals surface area contributed by atoms with E-state index in [0.29, 0.717) is 35.1 Å². The zero-order chi connectivity index (χ0) is 23.7. The van der Waals surface area contributed by atoms with Crippen LogP contribution in [-0.2, 0) is 0 Å². The molecule has 1 amide bonds. The molecule has 0 unspecified atom stereocenters. The number of benzene rings is 1. The van der Waals surface area contributed by atoms with Crippen LogP contribution >= 0.6 is 24.0 Å². The summed E-state index contributed by atoms with van der Waals surface area (Å²) in [6.07, 6.45) is 2.74. The highest BCUT2D eigenvalue weighted by atomic mass is 35.5. The lowest BCUT2D eigenvalue weighted by molar-refractivity contribution is 0.0664. The molecule has 2 aromatic heterocycles. The number of amides is 1. The van der Waals surface area contributed by atoms with Crippen molar-refractivity contribution in [2.24, 2.45) is 0 Å². The molecule has 1 fully saturated rings. The molecule has 0 bridgehead atoms. The molecular weight excluding hydrogens is 480 g/mol. The van der Waals surface area contributed by atoms with Crippen molar-refractivity contribution >= 4 is 41.6 Å². The SMILES string of the molecule is Cc1ncc(-c2nc(Nc3ccc(C(=O)N4CCN(C)CC4)c(Cl)c3)ncc2F)n1C(C)C.Cl. The van der Waals surface area contributed by atoms with Crippen LogP contribution in [0.4, 0.5) is 16.0 Å². The monoisotopic (exact) mass is 507 g/mol. The molecule has 0 saturated carbocycles. The number of halogens is 3. The average molecular weight is 508 g/mol. The summed E-state index contributed by atoms with van der Waals surface area (Å²) < 4.78 is 16.5. The first-order chi connectivity index (χ1) is 15.7. The smallest absolute Gasteiger partial charge is 0.255 e. The highest BCUT2D eigenvalue weighted by Gasteiger charge is 2.22. The molecule has 0 aliphatic carbocycles. The topological polar surface area (TPSA) is 79.2 Å². The Hall–Kier alpha value is -2.75. The Morgan fingerprint density at radius 3 is 2.50 bits per heavy atom. The van der Waals surface area contributed by atoms with Crippen LogP contribution in [0, 0.1) is 12.7 Å². The van der Waals surface area contributed by atoms with Crippen LogP contribution in [0.3, 0.4) is 0 Å². The number of hydrogen-bond acceptors (Lipinski definition) is 6. The molecule has 34 heavy (non-hydrogen) atoms. The number of carbonyl (C=O) groups is 1. The van der Waals surface area contributed by atoms with Crippen molar-refractivity contribution < 1.29 is 9.18 Å². The predicted octanol–water partition coefficient (Wildman–Crippen LogP) is 4.57. The Bertz CT molecular complexity index is 1180. The number of piperazine rings is 1. The third-order valence-electron chi connectivity index (χ3n) is 5.73. The number of nitrogens with zero attached hydrogens (tertiary/aromatic N) is 6. The Labute approximate surface area is 209 Å². The maximum Gasteiger partial charge on any atom is 0.255 e. The van der Waals surface area contributed by atoms with E-state index >= 15 is 0 Å². The fourth-order valence-electron chi connectivity index (χ4n) is 3.96. The van der Waals surface area contributed by atoms with Crippen molar-refractivity contribution in [3.05, 3.63) is 52.8 Å². The molecule has 4 rings (SSSR count). The molecule has 3 aromatic rings. The van der Waals surface area contributed by atoms with E-state index in [1.54, 1.807) is 24.4 Å². The zero-order valence-corrected chi connectivity index (χ0v) is 21.1. The third-order valence-corrected chi connectivity index (χ3v) is 6.04. The molecule has 182 valence electrons. The van der Waals surface area contributed by atoms with Crippen LogP contribution in [0.15, 0.2) is 30.6 Å². The molecule has 0 spiro atoms. The van der Waals surface area contributed by atoms with Gasteiger partial charge in [0.1, 0.15) is 11.5 Å². The summed E-state index contributed by atoms with van der Waals surface area (Å²) in [6, 6.07) is 5.18. The van der Waals surface area contributed by atoms with E-state index in [9.17, 15) is 9.18 Å². The fourth-order valence-corrected chi connectivity index (χ4v) is 4.22. The standard InChI is InChI=1S/C23H27ClFN7O.ClH/c1-14(2)32-15(3)26-13-20(32)21-19(25)12-27-23(29-21)28-16-5-6-17(18(24)11-16)22(33)31-9-7-30(4)8-10-31;/h5-6,11-14H,7-10H2,1-4H3,(H,27,28,29);1H. The molecule has 1 N–H and O–H groups in total. The molecule has 1 aliphatic rings. The van der Waals surface area contributed by atoms with E-state index in [1.165, 1.54) is 0 Å². The summed E-state index contributed by atoms with van der Waals surface area (Å²) in [5.74, 6) is 0.375. The largest absolute Gasteiger partial charge is 0.336 e. The molecule has 1 aliphatic heterocycles. The van der Waals surface area contributed by atoms with Crippen molar-refractivity contribution in [1.29, 1.82) is 0 Å². The molecule has 8 nitrogen and oxygen atoms in total. The van der Waals surface area contributed by atoms with Gasteiger partial charge in [-0.2, -0.15) is 0 Å². The molecule has 11 heteroatoms. The minimum absolute atomic E-state index is 0. The normalized spacial score (nSPS) is 14.3. The lowest BCUT2D eigenvalue weighted by atomic mass is 10.1. The number of carbonyl (C=O) groups excluding carboxylic acids is 1. The second kappa shape index (κ2) is 10.7. The highest BCUT2D eigenvalue weighted by Crippen LogP contribution is 2.28. The molecule has 0 atom stereocenters. The second-order valence-corrected chi connectivity index (χ2v) is 8.87. The first-order valence-electron chi connectivity index (χ1n) is 10.9. The predicted molar refractivity (Wildman–Crippen MR) is 134 cm³/mol. The van der Waals surface area contributed by atoms with Crippen LogP contribution in [0.25, 0.3) is 11.4 Å². The quantitative estimate of drug-likeness (QED) is 0.544. The van der Waals surface area contributed by atoms with Crippen LogP contribution in [0.5, 0.6) is 0 Å². The van der Waals surface area contributed by atoms with Crippen LogP contribution in [-0.4, -0.2) is 68.5 Å². The van der Waals surface area contributed by atoms with Gasteiger partial charge in [0.15, 0.2) is 5.82 Å². The Morgan fingerprint density at radius 2 is 1.85 bits per heavy atom. The lowest BCUT2D eigenvalue weighted by Gasteiger charge is -2.32. The first-order valence-corrected chi connectivity index (χ1v) is 11.2. The first kappa shape index (κ1) is 25.9. The van der Waals surface area contributed by atoms with Gasteiger partial charge in [-0.1, -0.05) is 11.6 Å². The second-order valence-electron chi connectivity index (χ2n) is 8.46. The van der Waals surface area contributed by atoms with Gasteiger partial charge in [-0.25, -0.2) is 19.3 Å². The summed E-state index contributed by atoms with van der Waals surface area (Å²) >= 11 is 6.44. The Kier molecular flexibility index (Phi) is 8.12. The van der Waals surface area contributed by atoms with E-state index < -0.39 is 5.82 Å². The van der Waals surface area contributed by atoms with Gasteiger partial charge in [-0.05, 0) is 46.0 Å². The van der Waals surface area contributed by atoms with Gasteiger partial charge in [0.2, 0.25) is 5.95 Å². The number of rotatable bonds is 5. The molecule has 0 radical (unpaired) electrons. The highest BCUT2D eigenvalue weighted by molar-refractivity contribution is 6.34. The van der Waals surface area contributed by atoms with Crippen molar-refractivity contribution in [2.45, 2.75) is 26.8 Å². The zero-order valence-electron chi connectivity index (χ0n) is 19.5. The van der Waals surface area contributed by atoms with E-state index in [0.717, 1.165) is 25.1 Å². The van der Waals surface area contributed by atoms with Gasteiger partial charge < -0.3 is 19.7 Å². The summed E-state index contributed by atoms with van der Waals surface area (Å²) in [5, 5.41) is 3.39. The van der Waals surface area contributed by atoms with Gasteiger partial charge in [0.05, 0.1) is 28.7 Å². The summed E-state index contributed by atoms with van der Waals surface area (Å²) in [4.78, 5) is 29.6. The van der Waals surface area contributed by atoms with Crippen molar-refractivity contribution in [2.75, 3.05) is 38.5 Å². The van der Waals surface area contributed by atoms with Crippen molar-refractivity contribution in [3.63, 3.8) is 0 Å². The summed E-state index contributed by atoms with van der Waals surface area (Å²) in [5.41, 5.74) is 1.79. The molecule has 1 aromatic carbocycles. The number of likely N-dealkylation sites (N-methyl/N-ethyl adjacent to an activating group) is 1. The van der Waals surface area contributed by atoms with Crippen molar-refractivity contribution in [3.8, 4) is 11.4 Å². The van der Waals surface area contributed by atoms with Gasteiger partial charge in [0, 0.05) is 37.9 Å². The molecular formula is C23H28Cl2FN7O. The number of hydrogen-bond donors (Lipinski definition) is 1. The van der Waals surface area contributed by atoms with Gasteiger partial charge in [-0.15, -0.1) is 12.4 Å². The lowest BCUT2D eigenvalue weighted by Crippen LogP contribution is -2.47. The molecule has 1 saturated heterocycles.